The van der Waals surface area contributed by atoms with E-state index in [4.69, 9.17) is 0 Å². The van der Waals surface area contributed by atoms with E-state index in [0.717, 1.165) is 19.4 Å². The lowest BCUT2D eigenvalue weighted by molar-refractivity contribution is 0.119. The number of rotatable bonds is 4. The minimum absolute atomic E-state index is 0.0588. The summed E-state index contributed by atoms with van der Waals surface area (Å²) >= 11 is 0. The normalized spacial score (nSPS) is 18.8. The Hall–Kier alpha value is -1.32. The molecule has 0 radical (unpaired) electrons. The number of aliphatic hydroxyl groups is 1. The van der Waals surface area contributed by atoms with Crippen LogP contribution in [-0.2, 0) is 6.54 Å². The first-order chi connectivity index (χ1) is 9.33. The van der Waals surface area contributed by atoms with Crippen LogP contribution < -0.4 is 5.32 Å². The summed E-state index contributed by atoms with van der Waals surface area (Å²) < 4.78 is 0. The van der Waals surface area contributed by atoms with Crippen molar-refractivity contribution in [2.75, 3.05) is 6.61 Å². The van der Waals surface area contributed by atoms with Crippen molar-refractivity contribution in [3.8, 4) is 0 Å². The molecule has 102 valence electrons. The van der Waals surface area contributed by atoms with Crippen LogP contribution in [0.5, 0.6) is 0 Å². The third-order valence-corrected chi connectivity index (χ3v) is 4.45. The van der Waals surface area contributed by atoms with Crippen molar-refractivity contribution in [2.45, 2.75) is 44.2 Å². The lowest BCUT2D eigenvalue weighted by atomic mass is 9.82. The van der Waals surface area contributed by atoms with Gasteiger partial charge in [0.25, 0.3) is 0 Å². The maximum atomic E-state index is 9.72. The number of fused-ring (bicyclic) bond motifs is 1. The molecule has 0 aliphatic heterocycles. The lowest BCUT2D eigenvalue weighted by Gasteiger charge is -2.36. The molecule has 2 aromatic rings. The minimum atomic E-state index is -0.0588. The molecule has 1 saturated carbocycles. The molecule has 0 unspecified atom stereocenters. The molecule has 19 heavy (non-hydrogen) atoms. The summed E-state index contributed by atoms with van der Waals surface area (Å²) in [6, 6.07) is 8.47. The van der Waals surface area contributed by atoms with Crippen LogP contribution in [0.3, 0.4) is 0 Å². The highest BCUT2D eigenvalue weighted by atomic mass is 16.3. The van der Waals surface area contributed by atoms with Crippen molar-refractivity contribution in [1.29, 1.82) is 0 Å². The second-order valence-electron chi connectivity index (χ2n) is 5.71. The topological polar surface area (TPSA) is 48.0 Å². The zero-order chi connectivity index (χ0) is 13.1. The number of nitrogens with one attached hydrogen (secondary N) is 2. The van der Waals surface area contributed by atoms with E-state index in [1.165, 1.54) is 35.7 Å². The third kappa shape index (κ3) is 2.53. The highest BCUT2D eigenvalue weighted by Crippen LogP contribution is 2.28. The highest BCUT2D eigenvalue weighted by Gasteiger charge is 2.30. The van der Waals surface area contributed by atoms with Crippen LogP contribution in [0.15, 0.2) is 30.5 Å². The molecule has 1 aromatic carbocycles. The number of hydrogen-bond acceptors (Lipinski definition) is 2. The number of aromatic amines is 1. The van der Waals surface area contributed by atoms with Gasteiger partial charge in [0.05, 0.1) is 6.61 Å². The van der Waals surface area contributed by atoms with Gasteiger partial charge in [0.1, 0.15) is 0 Å². The summed E-state index contributed by atoms with van der Waals surface area (Å²) in [6.07, 6.45) is 7.91. The van der Waals surface area contributed by atoms with Crippen molar-refractivity contribution in [3.05, 3.63) is 36.0 Å². The zero-order valence-corrected chi connectivity index (χ0v) is 11.3. The van der Waals surface area contributed by atoms with Gasteiger partial charge in [-0.25, -0.2) is 0 Å². The molecule has 0 amide bonds. The average molecular weight is 258 g/mol. The molecule has 1 heterocycles. The predicted octanol–water partition coefficient (Wildman–Crippen LogP) is 2.95. The fraction of sp³-hybridized carbons (Fsp3) is 0.500. The van der Waals surface area contributed by atoms with E-state index in [1.807, 2.05) is 6.20 Å². The van der Waals surface area contributed by atoms with E-state index in [-0.39, 0.29) is 12.1 Å². The summed E-state index contributed by atoms with van der Waals surface area (Å²) in [6.45, 7) is 1.08. The first-order valence-electron chi connectivity index (χ1n) is 7.24. The summed E-state index contributed by atoms with van der Waals surface area (Å²) in [7, 11) is 0. The van der Waals surface area contributed by atoms with Crippen LogP contribution in [-0.4, -0.2) is 22.2 Å². The van der Waals surface area contributed by atoms with Gasteiger partial charge < -0.3 is 15.4 Å². The molecule has 3 nitrogen and oxygen atoms in total. The predicted molar refractivity (Wildman–Crippen MR) is 78.0 cm³/mol. The SMILES string of the molecule is OCC1(NCc2cccc3[nH]ccc23)CCCCC1. The highest BCUT2D eigenvalue weighted by molar-refractivity contribution is 5.82. The molecule has 3 N–H and O–H groups in total. The van der Waals surface area contributed by atoms with Crippen LogP contribution in [0, 0.1) is 0 Å². The first-order valence-corrected chi connectivity index (χ1v) is 7.24. The Kier molecular flexibility index (Phi) is 3.58. The Balaban J connectivity index is 1.76. The van der Waals surface area contributed by atoms with Crippen LogP contribution in [0.2, 0.25) is 0 Å². The van der Waals surface area contributed by atoms with Gasteiger partial charge in [0.15, 0.2) is 0 Å². The second-order valence-corrected chi connectivity index (χ2v) is 5.71. The van der Waals surface area contributed by atoms with E-state index in [9.17, 15) is 5.11 Å². The molecule has 3 rings (SSSR count). The van der Waals surface area contributed by atoms with E-state index >= 15 is 0 Å². The molecule has 0 saturated heterocycles. The molecule has 1 aliphatic rings. The third-order valence-electron chi connectivity index (χ3n) is 4.45. The monoisotopic (exact) mass is 258 g/mol. The Morgan fingerprint density at radius 3 is 2.79 bits per heavy atom. The molecule has 1 aromatic heterocycles. The summed E-state index contributed by atoms with van der Waals surface area (Å²) in [5.41, 5.74) is 2.43. The standard InChI is InChI=1S/C16H22N2O/c19-12-16(8-2-1-3-9-16)18-11-13-5-4-6-15-14(13)7-10-17-15/h4-7,10,17-19H,1-3,8-9,11-12H2. The van der Waals surface area contributed by atoms with Gasteiger partial charge >= 0.3 is 0 Å². The van der Waals surface area contributed by atoms with E-state index in [1.54, 1.807) is 0 Å². The summed E-state index contributed by atoms with van der Waals surface area (Å²) in [5.74, 6) is 0. The van der Waals surface area contributed by atoms with Crippen LogP contribution in [0.25, 0.3) is 10.9 Å². The Bertz CT molecular complexity index is 540. The fourth-order valence-electron chi connectivity index (χ4n) is 3.21. The number of aliphatic hydroxyl groups excluding tert-OH is 1. The Labute approximate surface area is 114 Å². The van der Waals surface area contributed by atoms with Crippen LogP contribution in [0.1, 0.15) is 37.7 Å². The number of hydrogen-bond donors (Lipinski definition) is 3. The number of benzene rings is 1. The smallest absolute Gasteiger partial charge is 0.0613 e. The fourth-order valence-corrected chi connectivity index (χ4v) is 3.21. The summed E-state index contributed by atoms with van der Waals surface area (Å²) in [5, 5.41) is 14.6. The van der Waals surface area contributed by atoms with Gasteiger partial charge in [-0.1, -0.05) is 31.4 Å². The van der Waals surface area contributed by atoms with Crippen LogP contribution >= 0.6 is 0 Å². The van der Waals surface area contributed by atoms with Crippen molar-refractivity contribution in [1.82, 2.24) is 10.3 Å². The van der Waals surface area contributed by atoms with E-state index in [0.29, 0.717) is 0 Å². The largest absolute Gasteiger partial charge is 0.394 e. The Morgan fingerprint density at radius 1 is 1.16 bits per heavy atom. The number of aromatic nitrogens is 1. The summed E-state index contributed by atoms with van der Waals surface area (Å²) in [4.78, 5) is 3.24. The molecule has 0 bridgehead atoms. The lowest BCUT2D eigenvalue weighted by Crippen LogP contribution is -2.49. The average Bonchev–Trinajstić information content (AvgIpc) is 2.95. The van der Waals surface area contributed by atoms with Gasteiger partial charge in [0, 0.05) is 29.2 Å². The first kappa shape index (κ1) is 12.7. The number of H-pyrrole nitrogens is 1. The zero-order valence-electron chi connectivity index (χ0n) is 11.3. The second kappa shape index (κ2) is 5.35. The van der Waals surface area contributed by atoms with Gasteiger partial charge in [-0.2, -0.15) is 0 Å². The minimum Gasteiger partial charge on any atom is -0.394 e. The molecule has 1 aliphatic carbocycles. The van der Waals surface area contributed by atoms with Gasteiger partial charge in [0.2, 0.25) is 0 Å². The molecular weight excluding hydrogens is 236 g/mol. The van der Waals surface area contributed by atoms with E-state index < -0.39 is 0 Å². The molecule has 1 fully saturated rings. The molecule has 0 spiro atoms. The van der Waals surface area contributed by atoms with E-state index in [2.05, 4.69) is 34.6 Å². The maximum absolute atomic E-state index is 9.72. The van der Waals surface area contributed by atoms with Gasteiger partial charge in [-0.05, 0) is 30.5 Å². The van der Waals surface area contributed by atoms with Crippen molar-refractivity contribution in [2.24, 2.45) is 0 Å². The van der Waals surface area contributed by atoms with Gasteiger partial charge in [-0.3, -0.25) is 0 Å². The Morgan fingerprint density at radius 2 is 2.00 bits per heavy atom. The van der Waals surface area contributed by atoms with Crippen molar-refractivity contribution < 1.29 is 5.11 Å². The van der Waals surface area contributed by atoms with Crippen LogP contribution in [0.4, 0.5) is 0 Å². The molecule has 3 heteroatoms. The maximum Gasteiger partial charge on any atom is 0.0613 e. The quantitative estimate of drug-likeness (QED) is 0.789. The molecular formula is C16H22N2O. The van der Waals surface area contributed by atoms with Crippen molar-refractivity contribution >= 4 is 10.9 Å². The van der Waals surface area contributed by atoms with Crippen molar-refractivity contribution in [3.63, 3.8) is 0 Å². The molecule has 0 atom stereocenters. The van der Waals surface area contributed by atoms with Gasteiger partial charge in [-0.15, -0.1) is 0 Å².